The molecule has 0 spiro atoms. The number of unbranched alkanes of at least 4 members (excludes halogenated alkanes) is 14. The third-order valence-corrected chi connectivity index (χ3v) is 5.52. The highest BCUT2D eigenvalue weighted by Crippen LogP contribution is 2.26. The molecule has 0 aromatic carbocycles. The van der Waals surface area contributed by atoms with Gasteiger partial charge in [0.05, 0.1) is 0 Å². The summed E-state index contributed by atoms with van der Waals surface area (Å²) in [5.41, 5.74) is 0. The molecule has 1 fully saturated rings. The maximum Gasteiger partial charge on any atom is 0.254 e. The van der Waals surface area contributed by atoms with Gasteiger partial charge >= 0.3 is 0 Å². The van der Waals surface area contributed by atoms with E-state index in [-0.39, 0.29) is 11.7 Å². The van der Waals surface area contributed by atoms with Crippen molar-refractivity contribution in [2.45, 2.75) is 122 Å². The Morgan fingerprint density at radius 3 is 1.48 bits per heavy atom. The zero-order chi connectivity index (χ0) is 19.9. The van der Waals surface area contributed by atoms with Crippen LogP contribution in [0.5, 0.6) is 0 Å². The third-order valence-electron chi connectivity index (χ3n) is 5.52. The van der Waals surface area contributed by atoms with Gasteiger partial charge in [-0.15, -0.1) is 0 Å². The van der Waals surface area contributed by atoms with Gasteiger partial charge in [-0.05, 0) is 6.42 Å². The van der Waals surface area contributed by atoms with Gasteiger partial charge in [0.25, 0.3) is 5.91 Å². The summed E-state index contributed by atoms with van der Waals surface area (Å²) in [6.45, 7) is 2.27. The Hall–Kier alpha value is -0.900. The summed E-state index contributed by atoms with van der Waals surface area (Å²) in [6.07, 6.45) is 19.4. The minimum Gasteiger partial charge on any atom is -0.351 e. The molecule has 1 amide bonds. The van der Waals surface area contributed by atoms with Gasteiger partial charge in [-0.3, -0.25) is 9.59 Å². The lowest BCUT2D eigenvalue weighted by Crippen LogP contribution is -2.29. The first-order chi connectivity index (χ1) is 13.1. The molecule has 4 heteroatoms. The van der Waals surface area contributed by atoms with Crippen LogP contribution in [0.25, 0.3) is 0 Å². The van der Waals surface area contributed by atoms with Gasteiger partial charge in [0.2, 0.25) is 0 Å². The molecule has 0 bridgehead atoms. The molecule has 0 aromatic rings. The molecule has 4 nitrogen and oxygen atoms in total. The Morgan fingerprint density at radius 2 is 1.07 bits per heavy atom. The number of carbonyl (C=O) groups excluding carboxylic acids is 2. The van der Waals surface area contributed by atoms with Crippen molar-refractivity contribution in [1.29, 1.82) is 0 Å². The number of epoxide rings is 1. The van der Waals surface area contributed by atoms with E-state index >= 15 is 0 Å². The fraction of sp³-hybridized carbons (Fsp3) is 0.913. The average molecular weight is 382 g/mol. The highest BCUT2D eigenvalue weighted by atomic mass is 16.6. The lowest BCUT2D eigenvalue weighted by atomic mass is 10.0. The first kappa shape index (κ1) is 24.1. The Bertz CT molecular complexity index is 408. The monoisotopic (exact) mass is 381 g/mol. The van der Waals surface area contributed by atoms with E-state index in [1.54, 1.807) is 14.1 Å². The number of hydrogen-bond donors (Lipinski definition) is 0. The number of amides is 1. The van der Waals surface area contributed by atoms with Crippen molar-refractivity contribution in [2.24, 2.45) is 0 Å². The summed E-state index contributed by atoms with van der Waals surface area (Å²) in [6, 6.07) is 0. The number of hydrogen-bond acceptors (Lipinski definition) is 3. The molecule has 0 aromatic heterocycles. The third kappa shape index (κ3) is 11.5. The normalized spacial score (nSPS) is 18.5. The van der Waals surface area contributed by atoms with E-state index in [4.69, 9.17) is 4.74 Å². The number of carbonyl (C=O) groups is 2. The van der Waals surface area contributed by atoms with Crippen molar-refractivity contribution >= 4 is 11.7 Å². The molecule has 158 valence electrons. The number of ether oxygens (including phenoxy) is 1. The van der Waals surface area contributed by atoms with Crippen LogP contribution in [0, 0.1) is 0 Å². The van der Waals surface area contributed by atoms with Crippen molar-refractivity contribution in [3.63, 3.8) is 0 Å². The van der Waals surface area contributed by atoms with Crippen LogP contribution >= 0.6 is 0 Å². The summed E-state index contributed by atoms with van der Waals surface area (Å²) >= 11 is 0. The van der Waals surface area contributed by atoms with Gasteiger partial charge in [0.1, 0.15) is 0 Å². The molecule has 27 heavy (non-hydrogen) atoms. The van der Waals surface area contributed by atoms with Crippen LogP contribution in [0.15, 0.2) is 0 Å². The Morgan fingerprint density at radius 1 is 0.667 bits per heavy atom. The molecule has 1 aliphatic rings. The Labute approximate surface area is 167 Å². The molecule has 1 heterocycles. The number of Topliss-reactive ketones (excluding diaryl/α,β-unsaturated/α-hetero) is 1. The summed E-state index contributed by atoms with van der Waals surface area (Å²) in [5, 5.41) is 0. The van der Waals surface area contributed by atoms with E-state index < -0.39 is 12.2 Å². The van der Waals surface area contributed by atoms with Crippen LogP contribution in [-0.4, -0.2) is 42.9 Å². The molecular weight excluding hydrogens is 338 g/mol. The lowest BCUT2D eigenvalue weighted by Gasteiger charge is -2.06. The molecule has 0 aliphatic carbocycles. The summed E-state index contributed by atoms with van der Waals surface area (Å²) < 4.78 is 5.24. The van der Waals surface area contributed by atoms with E-state index in [1.165, 1.54) is 88.4 Å². The summed E-state index contributed by atoms with van der Waals surface area (Å²) in [7, 11) is 3.39. The van der Waals surface area contributed by atoms with Crippen molar-refractivity contribution in [1.82, 2.24) is 4.90 Å². The highest BCUT2D eigenvalue weighted by Gasteiger charge is 2.49. The van der Waals surface area contributed by atoms with Crippen LogP contribution in [0.4, 0.5) is 0 Å². The maximum absolute atomic E-state index is 12.0. The second kappa shape index (κ2) is 15.1. The number of rotatable bonds is 18. The molecule has 0 radical (unpaired) electrons. The predicted molar refractivity (Wildman–Crippen MR) is 112 cm³/mol. The quantitative estimate of drug-likeness (QED) is 0.227. The molecule has 1 aliphatic heterocycles. The zero-order valence-electron chi connectivity index (χ0n) is 18.1. The minimum absolute atomic E-state index is 0.0927. The smallest absolute Gasteiger partial charge is 0.254 e. The van der Waals surface area contributed by atoms with Gasteiger partial charge in [0, 0.05) is 20.5 Å². The van der Waals surface area contributed by atoms with Crippen LogP contribution < -0.4 is 0 Å². The first-order valence-electron chi connectivity index (χ1n) is 11.5. The predicted octanol–water partition coefficient (Wildman–Crippen LogP) is 5.67. The summed E-state index contributed by atoms with van der Waals surface area (Å²) in [5.74, 6) is 0.00902. The van der Waals surface area contributed by atoms with E-state index in [2.05, 4.69) is 6.92 Å². The molecule has 1 rings (SSSR count). The topological polar surface area (TPSA) is 49.9 Å². The van der Waals surface area contributed by atoms with Crippen LogP contribution in [0.3, 0.4) is 0 Å². The summed E-state index contributed by atoms with van der Waals surface area (Å²) in [4.78, 5) is 25.2. The Balaban J connectivity index is 1.80. The zero-order valence-corrected chi connectivity index (χ0v) is 18.1. The van der Waals surface area contributed by atoms with E-state index in [9.17, 15) is 9.59 Å². The maximum atomic E-state index is 12.0. The first-order valence-corrected chi connectivity index (χ1v) is 11.5. The second-order valence-electron chi connectivity index (χ2n) is 8.38. The average Bonchev–Trinajstić information content (AvgIpc) is 3.44. The standard InChI is InChI=1S/C23H43NO3/c1-4-5-6-7-8-9-10-11-12-13-14-15-16-17-18-19-20(25)21-22(27-21)23(26)24(2)3/h21-22H,4-19H2,1-3H3. The van der Waals surface area contributed by atoms with Crippen molar-refractivity contribution in [3.8, 4) is 0 Å². The molecule has 0 saturated carbocycles. The van der Waals surface area contributed by atoms with Crippen molar-refractivity contribution < 1.29 is 14.3 Å². The number of likely N-dealkylation sites (N-methyl/N-ethyl adjacent to an activating group) is 1. The molecular formula is C23H43NO3. The van der Waals surface area contributed by atoms with E-state index in [0.717, 1.165) is 12.8 Å². The van der Waals surface area contributed by atoms with Crippen molar-refractivity contribution in [3.05, 3.63) is 0 Å². The lowest BCUT2D eigenvalue weighted by molar-refractivity contribution is -0.130. The van der Waals surface area contributed by atoms with Gasteiger partial charge in [0.15, 0.2) is 18.0 Å². The van der Waals surface area contributed by atoms with E-state index in [0.29, 0.717) is 6.42 Å². The fourth-order valence-corrected chi connectivity index (χ4v) is 3.61. The van der Waals surface area contributed by atoms with Gasteiger partial charge in [-0.25, -0.2) is 0 Å². The Kier molecular flexibility index (Phi) is 13.5. The van der Waals surface area contributed by atoms with Gasteiger partial charge in [-0.2, -0.15) is 0 Å². The van der Waals surface area contributed by atoms with Gasteiger partial charge < -0.3 is 9.64 Å². The minimum atomic E-state index is -0.510. The fourth-order valence-electron chi connectivity index (χ4n) is 3.61. The largest absolute Gasteiger partial charge is 0.351 e. The molecule has 2 unspecified atom stereocenters. The van der Waals surface area contributed by atoms with Crippen LogP contribution in [0.2, 0.25) is 0 Å². The number of ketones is 1. The second-order valence-corrected chi connectivity index (χ2v) is 8.38. The van der Waals surface area contributed by atoms with Gasteiger partial charge in [-0.1, -0.05) is 96.8 Å². The molecule has 0 N–H and O–H groups in total. The SMILES string of the molecule is CCCCCCCCCCCCCCCCCC(=O)C1OC1C(=O)N(C)C. The molecule has 2 atom stereocenters. The van der Waals surface area contributed by atoms with Crippen molar-refractivity contribution in [2.75, 3.05) is 14.1 Å². The molecule has 1 saturated heterocycles. The highest BCUT2D eigenvalue weighted by molar-refractivity contribution is 5.95. The van der Waals surface area contributed by atoms with Crippen LogP contribution in [0.1, 0.15) is 110 Å². The number of nitrogens with zero attached hydrogens (tertiary/aromatic N) is 1. The van der Waals surface area contributed by atoms with E-state index in [1.807, 2.05) is 0 Å². The van der Waals surface area contributed by atoms with Crippen LogP contribution in [-0.2, 0) is 14.3 Å².